The van der Waals surface area contributed by atoms with Gasteiger partial charge in [-0.1, -0.05) is 42.5 Å². The van der Waals surface area contributed by atoms with Crippen molar-refractivity contribution in [2.75, 3.05) is 5.32 Å². The van der Waals surface area contributed by atoms with Crippen LogP contribution in [-0.4, -0.2) is 24.1 Å². The fourth-order valence-corrected chi connectivity index (χ4v) is 2.28. The van der Waals surface area contributed by atoms with E-state index in [4.69, 9.17) is 9.47 Å². The first-order valence-electron chi connectivity index (χ1n) is 8.79. The minimum atomic E-state index is -0.853. The summed E-state index contributed by atoms with van der Waals surface area (Å²) in [6.07, 6.45) is -0.660. The Kier molecular flexibility index (Phi) is 7.14. The predicted molar refractivity (Wildman–Crippen MR) is 105 cm³/mol. The quantitative estimate of drug-likeness (QED) is 0.728. The van der Waals surface area contributed by atoms with Crippen LogP contribution in [0.2, 0.25) is 0 Å². The molecule has 0 saturated heterocycles. The minimum Gasteiger partial charge on any atom is -0.444 e. The summed E-state index contributed by atoms with van der Waals surface area (Å²) in [7, 11) is 0. The first-order chi connectivity index (χ1) is 13.3. The molecule has 0 aliphatic carbocycles. The van der Waals surface area contributed by atoms with Crippen molar-refractivity contribution in [2.45, 2.75) is 39.0 Å². The molecule has 2 N–H and O–H groups in total. The highest BCUT2D eigenvalue weighted by Crippen LogP contribution is 2.17. The van der Waals surface area contributed by atoms with Crippen LogP contribution in [0.3, 0.4) is 0 Å². The van der Waals surface area contributed by atoms with E-state index in [1.165, 1.54) is 0 Å². The number of amides is 2. The van der Waals surface area contributed by atoms with Gasteiger partial charge >= 0.3 is 12.2 Å². The number of aldehydes is 1. The SMILES string of the molecule is CC(C)(C)OC(=O)N[C@H](C=O)c1ccc(NC(=O)OCc2ccccc2)cc1. The summed E-state index contributed by atoms with van der Waals surface area (Å²) in [4.78, 5) is 35.0. The monoisotopic (exact) mass is 384 g/mol. The fourth-order valence-electron chi connectivity index (χ4n) is 2.28. The normalized spacial score (nSPS) is 11.8. The molecule has 7 heteroatoms. The van der Waals surface area contributed by atoms with Crippen LogP contribution in [0.25, 0.3) is 0 Å². The van der Waals surface area contributed by atoms with Crippen molar-refractivity contribution in [3.8, 4) is 0 Å². The number of carbonyl (C=O) groups is 3. The molecule has 0 unspecified atom stereocenters. The third-order valence-corrected chi connectivity index (χ3v) is 3.54. The predicted octanol–water partition coefficient (Wildman–Crippen LogP) is 4.20. The molecular weight excluding hydrogens is 360 g/mol. The lowest BCUT2D eigenvalue weighted by Gasteiger charge is -2.21. The smallest absolute Gasteiger partial charge is 0.411 e. The standard InChI is InChI=1S/C21H24N2O5/c1-21(2,3)28-20(26)23-18(13-24)16-9-11-17(12-10-16)22-19(25)27-14-15-7-5-4-6-8-15/h4-13,18H,14H2,1-3H3,(H,22,25)(H,23,26)/t18-/m1/s1. The van der Waals surface area contributed by atoms with Crippen molar-refractivity contribution >= 4 is 24.2 Å². The van der Waals surface area contributed by atoms with Crippen LogP contribution in [0.1, 0.15) is 37.9 Å². The summed E-state index contributed by atoms with van der Waals surface area (Å²) in [6, 6.07) is 15.0. The molecule has 0 aliphatic rings. The van der Waals surface area contributed by atoms with Crippen molar-refractivity contribution in [3.05, 3.63) is 65.7 Å². The van der Waals surface area contributed by atoms with Crippen LogP contribution in [-0.2, 0) is 20.9 Å². The summed E-state index contributed by atoms with van der Waals surface area (Å²) in [6.45, 7) is 5.37. The molecule has 2 aromatic rings. The molecule has 0 spiro atoms. The third kappa shape index (κ3) is 7.11. The second kappa shape index (κ2) is 9.55. The topological polar surface area (TPSA) is 93.7 Å². The zero-order valence-electron chi connectivity index (χ0n) is 16.1. The van der Waals surface area contributed by atoms with E-state index in [-0.39, 0.29) is 6.61 Å². The van der Waals surface area contributed by atoms with Gasteiger partial charge in [-0.2, -0.15) is 0 Å². The molecule has 0 aromatic heterocycles. The van der Waals surface area contributed by atoms with Gasteiger partial charge in [0.25, 0.3) is 0 Å². The van der Waals surface area contributed by atoms with Gasteiger partial charge < -0.3 is 19.6 Å². The van der Waals surface area contributed by atoms with Crippen LogP contribution >= 0.6 is 0 Å². The van der Waals surface area contributed by atoms with E-state index in [0.717, 1.165) is 5.56 Å². The van der Waals surface area contributed by atoms with E-state index < -0.39 is 23.8 Å². The van der Waals surface area contributed by atoms with Gasteiger partial charge in [-0.05, 0) is 44.0 Å². The van der Waals surface area contributed by atoms with Crippen molar-refractivity contribution < 1.29 is 23.9 Å². The Labute approximate surface area is 164 Å². The van der Waals surface area contributed by atoms with Crippen molar-refractivity contribution in [2.24, 2.45) is 0 Å². The summed E-state index contributed by atoms with van der Waals surface area (Å²) < 4.78 is 10.3. The Balaban J connectivity index is 1.89. The van der Waals surface area contributed by atoms with Crippen LogP contribution < -0.4 is 10.6 Å². The van der Waals surface area contributed by atoms with E-state index in [1.54, 1.807) is 45.0 Å². The molecule has 148 valence electrons. The molecular formula is C21H24N2O5. The van der Waals surface area contributed by atoms with E-state index in [0.29, 0.717) is 17.5 Å². The first-order valence-corrected chi connectivity index (χ1v) is 8.79. The molecule has 7 nitrogen and oxygen atoms in total. The molecule has 2 amide bonds. The highest BCUT2D eigenvalue weighted by Gasteiger charge is 2.20. The Bertz CT molecular complexity index is 798. The van der Waals surface area contributed by atoms with Crippen LogP contribution in [0.4, 0.5) is 15.3 Å². The molecule has 0 bridgehead atoms. The largest absolute Gasteiger partial charge is 0.444 e. The summed E-state index contributed by atoms with van der Waals surface area (Å²) in [5.41, 5.74) is 1.29. The Hall–Kier alpha value is -3.35. The van der Waals surface area contributed by atoms with Gasteiger partial charge in [0.2, 0.25) is 0 Å². The van der Waals surface area contributed by atoms with Crippen molar-refractivity contribution in [1.82, 2.24) is 5.32 Å². The second-order valence-corrected chi connectivity index (χ2v) is 7.07. The lowest BCUT2D eigenvalue weighted by Crippen LogP contribution is -2.35. The lowest BCUT2D eigenvalue weighted by atomic mass is 10.1. The maximum Gasteiger partial charge on any atom is 0.411 e. The Morgan fingerprint density at radius 3 is 2.21 bits per heavy atom. The second-order valence-electron chi connectivity index (χ2n) is 7.07. The van der Waals surface area contributed by atoms with Crippen molar-refractivity contribution in [1.29, 1.82) is 0 Å². The highest BCUT2D eigenvalue weighted by molar-refractivity contribution is 5.84. The Morgan fingerprint density at radius 1 is 1.00 bits per heavy atom. The highest BCUT2D eigenvalue weighted by atomic mass is 16.6. The zero-order valence-corrected chi connectivity index (χ0v) is 16.1. The fraction of sp³-hybridized carbons (Fsp3) is 0.286. The van der Waals surface area contributed by atoms with Crippen molar-refractivity contribution in [3.63, 3.8) is 0 Å². The van der Waals surface area contributed by atoms with Crippen LogP contribution in [0, 0.1) is 0 Å². The number of ether oxygens (including phenoxy) is 2. The van der Waals surface area contributed by atoms with Gasteiger partial charge in [0.05, 0.1) is 0 Å². The van der Waals surface area contributed by atoms with Gasteiger partial charge in [0, 0.05) is 5.69 Å². The first kappa shape index (κ1) is 21.0. The number of hydrogen-bond donors (Lipinski definition) is 2. The summed E-state index contributed by atoms with van der Waals surface area (Å²) >= 11 is 0. The lowest BCUT2D eigenvalue weighted by molar-refractivity contribution is -0.109. The van der Waals surface area contributed by atoms with Gasteiger partial charge in [-0.3, -0.25) is 5.32 Å². The van der Waals surface area contributed by atoms with E-state index >= 15 is 0 Å². The number of rotatable bonds is 6. The Morgan fingerprint density at radius 2 is 1.64 bits per heavy atom. The van der Waals surface area contributed by atoms with Gasteiger partial charge in [-0.15, -0.1) is 0 Å². The number of anilines is 1. The van der Waals surface area contributed by atoms with Gasteiger partial charge in [0.1, 0.15) is 24.5 Å². The van der Waals surface area contributed by atoms with Crippen LogP contribution in [0.5, 0.6) is 0 Å². The molecule has 0 saturated carbocycles. The summed E-state index contributed by atoms with van der Waals surface area (Å²) in [5, 5.41) is 5.10. The molecule has 28 heavy (non-hydrogen) atoms. The number of nitrogens with one attached hydrogen (secondary N) is 2. The maximum atomic E-state index is 11.9. The van der Waals surface area contributed by atoms with Crippen LogP contribution in [0.15, 0.2) is 54.6 Å². The maximum absolute atomic E-state index is 11.9. The molecule has 0 fully saturated rings. The number of hydrogen-bond acceptors (Lipinski definition) is 5. The zero-order chi connectivity index (χ0) is 20.6. The molecule has 0 heterocycles. The van der Waals surface area contributed by atoms with Gasteiger partial charge in [0.15, 0.2) is 0 Å². The average molecular weight is 384 g/mol. The van der Waals surface area contributed by atoms with E-state index in [9.17, 15) is 14.4 Å². The number of carbonyl (C=O) groups excluding carboxylic acids is 3. The molecule has 2 rings (SSSR count). The molecule has 0 radical (unpaired) electrons. The number of alkyl carbamates (subject to hydrolysis) is 1. The molecule has 2 aromatic carbocycles. The van der Waals surface area contributed by atoms with E-state index in [2.05, 4.69) is 10.6 Å². The summed E-state index contributed by atoms with van der Waals surface area (Å²) in [5.74, 6) is 0. The number of benzene rings is 2. The van der Waals surface area contributed by atoms with Gasteiger partial charge in [-0.25, -0.2) is 9.59 Å². The minimum absolute atomic E-state index is 0.164. The molecule has 0 aliphatic heterocycles. The average Bonchev–Trinajstić information content (AvgIpc) is 2.65. The van der Waals surface area contributed by atoms with E-state index in [1.807, 2.05) is 30.3 Å². The third-order valence-electron chi connectivity index (χ3n) is 3.54. The molecule has 1 atom stereocenters.